The molecular weight excluding hydrogens is 228 g/mol. The lowest BCUT2D eigenvalue weighted by molar-refractivity contribution is -0.136. The molecule has 1 heterocycles. The second kappa shape index (κ2) is 5.76. The molecule has 98 valence electrons. The van der Waals surface area contributed by atoms with E-state index < -0.39 is 0 Å². The molecule has 0 aliphatic carbocycles. The summed E-state index contributed by atoms with van der Waals surface area (Å²) in [6, 6.07) is 7.43. The molecule has 2 N–H and O–H groups in total. The Morgan fingerprint density at radius 1 is 1.39 bits per heavy atom. The van der Waals surface area contributed by atoms with Crippen molar-refractivity contribution in [2.45, 2.75) is 32.2 Å². The van der Waals surface area contributed by atoms with Crippen LogP contribution in [0.3, 0.4) is 0 Å². The Labute approximate surface area is 108 Å². The van der Waals surface area contributed by atoms with Gasteiger partial charge in [-0.25, -0.2) is 0 Å². The summed E-state index contributed by atoms with van der Waals surface area (Å²) in [4.78, 5) is 13.9. The summed E-state index contributed by atoms with van der Waals surface area (Å²) in [5.41, 5.74) is 6.28. The average molecular weight is 248 g/mol. The average Bonchev–Trinajstić information content (AvgIpc) is 2.38. The molecule has 2 rings (SSSR count). The molecule has 1 aliphatic rings. The molecule has 0 spiro atoms. The van der Waals surface area contributed by atoms with Crippen molar-refractivity contribution in [3.05, 3.63) is 24.3 Å². The maximum atomic E-state index is 12.0. The van der Waals surface area contributed by atoms with Gasteiger partial charge in [0.2, 0.25) is 0 Å². The van der Waals surface area contributed by atoms with E-state index in [1.165, 1.54) is 6.42 Å². The Bertz CT molecular complexity index is 403. The zero-order valence-electron chi connectivity index (χ0n) is 10.8. The van der Waals surface area contributed by atoms with E-state index in [1.54, 1.807) is 24.3 Å². The zero-order chi connectivity index (χ0) is 13.0. The second-order valence-electron chi connectivity index (χ2n) is 4.79. The van der Waals surface area contributed by atoms with Crippen LogP contribution in [0.2, 0.25) is 0 Å². The fraction of sp³-hybridized carbons (Fsp3) is 0.500. The van der Waals surface area contributed by atoms with E-state index in [0.717, 1.165) is 19.4 Å². The molecule has 0 saturated carbocycles. The largest absolute Gasteiger partial charge is 0.484 e. The van der Waals surface area contributed by atoms with Crippen LogP contribution >= 0.6 is 0 Å². The van der Waals surface area contributed by atoms with Crippen LogP contribution in [0.25, 0.3) is 0 Å². The molecule has 1 saturated heterocycles. The van der Waals surface area contributed by atoms with Gasteiger partial charge in [0.05, 0.1) is 0 Å². The number of anilines is 1. The van der Waals surface area contributed by atoms with Crippen molar-refractivity contribution in [3.8, 4) is 5.75 Å². The van der Waals surface area contributed by atoms with Crippen molar-refractivity contribution in [1.29, 1.82) is 0 Å². The molecule has 1 atom stereocenters. The van der Waals surface area contributed by atoms with Gasteiger partial charge in [-0.3, -0.25) is 4.79 Å². The predicted octanol–water partition coefficient (Wildman–Crippen LogP) is 2.05. The topological polar surface area (TPSA) is 55.6 Å². The fourth-order valence-electron chi connectivity index (χ4n) is 2.26. The van der Waals surface area contributed by atoms with Gasteiger partial charge in [-0.05, 0) is 50.5 Å². The summed E-state index contributed by atoms with van der Waals surface area (Å²) in [6.07, 6.45) is 3.40. The molecule has 18 heavy (non-hydrogen) atoms. The number of piperidine rings is 1. The van der Waals surface area contributed by atoms with Crippen LogP contribution < -0.4 is 10.5 Å². The van der Waals surface area contributed by atoms with Gasteiger partial charge in [0.1, 0.15) is 5.75 Å². The molecular formula is C14H20N2O2. The first-order chi connectivity index (χ1) is 8.66. The Kier molecular flexibility index (Phi) is 4.07. The number of likely N-dealkylation sites (tertiary alicyclic amines) is 1. The van der Waals surface area contributed by atoms with Crippen molar-refractivity contribution in [3.63, 3.8) is 0 Å². The molecule has 0 radical (unpaired) electrons. The molecule has 0 bridgehead atoms. The summed E-state index contributed by atoms with van der Waals surface area (Å²) in [5.74, 6) is 0.751. The Morgan fingerprint density at radius 3 is 2.78 bits per heavy atom. The van der Waals surface area contributed by atoms with Crippen molar-refractivity contribution >= 4 is 11.6 Å². The van der Waals surface area contributed by atoms with Crippen LogP contribution in [0.15, 0.2) is 24.3 Å². The summed E-state index contributed by atoms with van der Waals surface area (Å²) in [6.45, 7) is 3.06. The lowest BCUT2D eigenvalue weighted by Gasteiger charge is -2.33. The van der Waals surface area contributed by atoms with Crippen molar-refractivity contribution in [2.24, 2.45) is 0 Å². The Hall–Kier alpha value is -1.71. The van der Waals surface area contributed by atoms with Crippen LogP contribution in [-0.4, -0.2) is 30.0 Å². The highest BCUT2D eigenvalue weighted by molar-refractivity contribution is 5.78. The maximum absolute atomic E-state index is 12.0. The van der Waals surface area contributed by atoms with Gasteiger partial charge in [-0.2, -0.15) is 0 Å². The normalized spacial score (nSPS) is 19.6. The molecule has 0 unspecified atom stereocenters. The van der Waals surface area contributed by atoms with Gasteiger partial charge in [0.15, 0.2) is 6.61 Å². The number of carbonyl (C=O) groups is 1. The number of nitrogens with two attached hydrogens (primary N) is 1. The highest BCUT2D eigenvalue weighted by Crippen LogP contribution is 2.17. The standard InChI is InChI=1S/C14H20N2O2/c1-11-4-2-3-9-16(11)14(17)10-18-13-7-5-12(15)6-8-13/h5-8,11H,2-4,9-10,15H2,1H3/t11-/m0/s1. The van der Waals surface area contributed by atoms with E-state index in [-0.39, 0.29) is 12.5 Å². The number of amides is 1. The quantitative estimate of drug-likeness (QED) is 0.833. The highest BCUT2D eigenvalue weighted by Gasteiger charge is 2.23. The minimum absolute atomic E-state index is 0.0685. The highest BCUT2D eigenvalue weighted by atomic mass is 16.5. The zero-order valence-corrected chi connectivity index (χ0v) is 10.8. The van der Waals surface area contributed by atoms with Crippen molar-refractivity contribution in [2.75, 3.05) is 18.9 Å². The Balaban J connectivity index is 1.85. The van der Waals surface area contributed by atoms with Gasteiger partial charge >= 0.3 is 0 Å². The molecule has 4 heteroatoms. The third kappa shape index (κ3) is 3.15. The summed E-state index contributed by atoms with van der Waals surface area (Å²) < 4.78 is 5.48. The van der Waals surface area contributed by atoms with Gasteiger partial charge in [0.25, 0.3) is 5.91 Å². The third-order valence-electron chi connectivity index (χ3n) is 3.37. The third-order valence-corrected chi connectivity index (χ3v) is 3.37. The lowest BCUT2D eigenvalue weighted by Crippen LogP contribution is -2.44. The van der Waals surface area contributed by atoms with E-state index in [4.69, 9.17) is 10.5 Å². The number of hydrogen-bond donors (Lipinski definition) is 1. The van der Waals surface area contributed by atoms with Crippen LogP contribution in [0.4, 0.5) is 5.69 Å². The SMILES string of the molecule is C[C@H]1CCCCN1C(=O)COc1ccc(N)cc1. The van der Waals surface area contributed by atoms with Crippen molar-refractivity contribution in [1.82, 2.24) is 4.90 Å². The van der Waals surface area contributed by atoms with Crippen LogP contribution in [0.5, 0.6) is 5.75 Å². The van der Waals surface area contributed by atoms with E-state index in [2.05, 4.69) is 6.92 Å². The van der Waals surface area contributed by atoms with E-state index >= 15 is 0 Å². The molecule has 1 aliphatic heterocycles. The van der Waals surface area contributed by atoms with Gasteiger partial charge in [-0.1, -0.05) is 0 Å². The lowest BCUT2D eigenvalue weighted by atomic mass is 10.0. The number of benzene rings is 1. The van der Waals surface area contributed by atoms with E-state index in [1.807, 2.05) is 4.90 Å². The van der Waals surface area contributed by atoms with Gasteiger partial charge < -0.3 is 15.4 Å². The van der Waals surface area contributed by atoms with E-state index in [9.17, 15) is 4.79 Å². The number of nitrogen functional groups attached to an aromatic ring is 1. The molecule has 1 amide bonds. The van der Waals surface area contributed by atoms with Crippen molar-refractivity contribution < 1.29 is 9.53 Å². The predicted molar refractivity (Wildman–Crippen MR) is 71.4 cm³/mol. The minimum Gasteiger partial charge on any atom is -0.484 e. The summed E-state index contributed by atoms with van der Waals surface area (Å²) in [5, 5.41) is 0. The second-order valence-corrected chi connectivity index (χ2v) is 4.79. The smallest absolute Gasteiger partial charge is 0.260 e. The molecule has 0 aromatic heterocycles. The molecule has 4 nitrogen and oxygen atoms in total. The van der Waals surface area contributed by atoms with Gasteiger partial charge in [-0.15, -0.1) is 0 Å². The molecule has 1 aromatic carbocycles. The molecule has 1 fully saturated rings. The first-order valence-corrected chi connectivity index (χ1v) is 6.44. The number of rotatable bonds is 3. The van der Waals surface area contributed by atoms with Crippen LogP contribution in [0.1, 0.15) is 26.2 Å². The van der Waals surface area contributed by atoms with Crippen LogP contribution in [-0.2, 0) is 4.79 Å². The molecule has 1 aromatic rings. The fourth-order valence-corrected chi connectivity index (χ4v) is 2.26. The van der Waals surface area contributed by atoms with Crippen LogP contribution in [0, 0.1) is 0 Å². The number of ether oxygens (including phenoxy) is 1. The van der Waals surface area contributed by atoms with E-state index in [0.29, 0.717) is 17.5 Å². The summed E-state index contributed by atoms with van der Waals surface area (Å²) in [7, 11) is 0. The number of hydrogen-bond acceptors (Lipinski definition) is 3. The Morgan fingerprint density at radius 2 is 2.11 bits per heavy atom. The number of nitrogens with zero attached hydrogens (tertiary/aromatic N) is 1. The summed E-state index contributed by atoms with van der Waals surface area (Å²) >= 11 is 0. The minimum atomic E-state index is 0.0685. The number of carbonyl (C=O) groups excluding carboxylic acids is 1. The first kappa shape index (κ1) is 12.7. The first-order valence-electron chi connectivity index (χ1n) is 6.44. The van der Waals surface area contributed by atoms with Gasteiger partial charge in [0, 0.05) is 18.3 Å². The maximum Gasteiger partial charge on any atom is 0.260 e. The monoisotopic (exact) mass is 248 g/mol.